The molecule has 2 heterocycles. The van der Waals surface area contributed by atoms with E-state index < -0.39 is 0 Å². The molecular weight excluding hydrogens is 128 g/mol. The molecule has 0 atom stereocenters. The maximum Gasteiger partial charge on any atom is 0.193 e. The molecule has 0 aromatic carbocycles. The second-order valence-corrected chi connectivity index (χ2v) is 2.32. The zero-order valence-corrected chi connectivity index (χ0v) is 5.66. The average molecular weight is 136 g/mol. The fraction of sp³-hybridized carbons (Fsp3) is 0.143. The van der Waals surface area contributed by atoms with Gasteiger partial charge in [0.25, 0.3) is 0 Å². The summed E-state index contributed by atoms with van der Waals surface area (Å²) in [6, 6.07) is 3.71. The molecule has 3 heteroatoms. The van der Waals surface area contributed by atoms with Crippen LogP contribution in [-0.2, 0) is 7.05 Å². The Bertz CT molecular complexity index is 358. The molecule has 0 saturated heterocycles. The van der Waals surface area contributed by atoms with Gasteiger partial charge in [-0.15, -0.1) is 0 Å². The van der Waals surface area contributed by atoms with E-state index in [1.165, 1.54) is 0 Å². The number of rotatable bonds is 0. The van der Waals surface area contributed by atoms with Gasteiger partial charge in [0.1, 0.15) is 0 Å². The minimum absolute atomic E-state index is 0.473. The number of nitrogen functional groups attached to an aromatic ring is 1. The van der Waals surface area contributed by atoms with E-state index in [9.17, 15) is 0 Å². The van der Waals surface area contributed by atoms with E-state index in [0.717, 1.165) is 11.1 Å². The molecule has 2 N–H and O–H groups in total. The molecule has 2 aromatic heterocycles. The molecule has 0 aliphatic rings. The summed E-state index contributed by atoms with van der Waals surface area (Å²) in [6.45, 7) is 0. The van der Waals surface area contributed by atoms with Gasteiger partial charge in [-0.3, -0.25) is 0 Å². The van der Waals surface area contributed by atoms with E-state index in [1.54, 1.807) is 0 Å². The first-order valence-corrected chi connectivity index (χ1v) is 3.08. The molecule has 0 aliphatic heterocycles. The number of furan rings is 1. The predicted octanol–water partition coefficient (Wildman–Crippen LogP) is 1.35. The van der Waals surface area contributed by atoms with Crippen LogP contribution in [0.1, 0.15) is 0 Å². The van der Waals surface area contributed by atoms with Crippen molar-refractivity contribution >= 4 is 17.0 Å². The van der Waals surface area contributed by atoms with Crippen molar-refractivity contribution in [3.05, 3.63) is 18.3 Å². The highest BCUT2D eigenvalue weighted by atomic mass is 16.3. The number of aromatic nitrogens is 1. The summed E-state index contributed by atoms with van der Waals surface area (Å²) in [4.78, 5) is 0. The lowest BCUT2D eigenvalue weighted by Crippen LogP contribution is -1.81. The summed E-state index contributed by atoms with van der Waals surface area (Å²) >= 11 is 0. The number of aryl methyl sites for hydroxylation is 1. The lowest BCUT2D eigenvalue weighted by molar-refractivity contribution is 0.638. The van der Waals surface area contributed by atoms with Gasteiger partial charge in [0, 0.05) is 19.3 Å². The van der Waals surface area contributed by atoms with E-state index in [0.29, 0.717) is 5.88 Å². The van der Waals surface area contributed by atoms with Gasteiger partial charge in [0.2, 0.25) is 0 Å². The maximum atomic E-state index is 5.42. The van der Waals surface area contributed by atoms with Crippen molar-refractivity contribution in [1.82, 2.24) is 4.57 Å². The number of nitrogens with zero attached hydrogens (tertiary/aromatic N) is 1. The molecule has 2 rings (SSSR count). The maximum absolute atomic E-state index is 5.42. The highest BCUT2D eigenvalue weighted by molar-refractivity contribution is 5.77. The van der Waals surface area contributed by atoms with Crippen molar-refractivity contribution in [2.24, 2.45) is 7.05 Å². The van der Waals surface area contributed by atoms with Crippen LogP contribution in [0.25, 0.3) is 11.1 Å². The number of fused-ring (bicyclic) bond motifs is 1. The predicted molar refractivity (Wildman–Crippen MR) is 39.6 cm³/mol. The summed E-state index contributed by atoms with van der Waals surface area (Å²) in [5, 5.41) is 0. The molecule has 0 fully saturated rings. The van der Waals surface area contributed by atoms with Crippen LogP contribution in [0.5, 0.6) is 0 Å². The van der Waals surface area contributed by atoms with E-state index >= 15 is 0 Å². The Balaban J connectivity index is 2.90. The Labute approximate surface area is 58.0 Å². The lowest BCUT2D eigenvalue weighted by Gasteiger charge is -1.85. The summed E-state index contributed by atoms with van der Waals surface area (Å²) in [5.74, 6) is 0.473. The van der Waals surface area contributed by atoms with E-state index in [4.69, 9.17) is 10.2 Å². The quantitative estimate of drug-likeness (QED) is 0.594. The van der Waals surface area contributed by atoms with Gasteiger partial charge < -0.3 is 14.7 Å². The van der Waals surface area contributed by atoms with Gasteiger partial charge in [0.05, 0.1) is 5.52 Å². The largest absolute Gasteiger partial charge is 0.439 e. The molecule has 52 valence electrons. The Morgan fingerprint density at radius 1 is 1.60 bits per heavy atom. The van der Waals surface area contributed by atoms with Crippen LogP contribution in [-0.4, -0.2) is 4.57 Å². The van der Waals surface area contributed by atoms with Crippen LogP contribution in [0, 0.1) is 0 Å². The van der Waals surface area contributed by atoms with Gasteiger partial charge in [-0.05, 0) is 6.07 Å². The molecule has 2 aromatic rings. The van der Waals surface area contributed by atoms with Crippen LogP contribution < -0.4 is 5.73 Å². The second-order valence-electron chi connectivity index (χ2n) is 2.32. The minimum atomic E-state index is 0.473. The summed E-state index contributed by atoms with van der Waals surface area (Å²) in [5.41, 5.74) is 7.31. The fourth-order valence-electron chi connectivity index (χ4n) is 1.07. The van der Waals surface area contributed by atoms with Gasteiger partial charge >= 0.3 is 0 Å². The first-order chi connectivity index (χ1) is 4.77. The van der Waals surface area contributed by atoms with Crippen molar-refractivity contribution in [2.45, 2.75) is 0 Å². The zero-order chi connectivity index (χ0) is 7.14. The van der Waals surface area contributed by atoms with Crippen LogP contribution in [0.15, 0.2) is 22.7 Å². The van der Waals surface area contributed by atoms with Gasteiger partial charge in [-0.1, -0.05) is 0 Å². The van der Waals surface area contributed by atoms with Gasteiger partial charge in [-0.2, -0.15) is 0 Å². The number of hydrogen-bond donors (Lipinski definition) is 1. The smallest absolute Gasteiger partial charge is 0.193 e. The Morgan fingerprint density at radius 2 is 2.40 bits per heavy atom. The molecular formula is C7H8N2O. The first kappa shape index (κ1) is 5.41. The third-order valence-corrected chi connectivity index (χ3v) is 1.59. The van der Waals surface area contributed by atoms with Crippen LogP contribution in [0.3, 0.4) is 0 Å². The molecule has 3 nitrogen and oxygen atoms in total. The first-order valence-electron chi connectivity index (χ1n) is 3.08. The third kappa shape index (κ3) is 0.543. The number of nitrogens with two attached hydrogens (primary N) is 1. The molecule has 0 unspecified atom stereocenters. The second kappa shape index (κ2) is 1.56. The van der Waals surface area contributed by atoms with Gasteiger partial charge in [0.15, 0.2) is 11.5 Å². The van der Waals surface area contributed by atoms with E-state index in [2.05, 4.69) is 0 Å². The van der Waals surface area contributed by atoms with Crippen molar-refractivity contribution in [1.29, 1.82) is 0 Å². The molecule has 10 heavy (non-hydrogen) atoms. The van der Waals surface area contributed by atoms with Gasteiger partial charge in [-0.25, -0.2) is 0 Å². The minimum Gasteiger partial charge on any atom is -0.439 e. The highest BCUT2D eigenvalue weighted by Gasteiger charge is 2.01. The number of anilines is 1. The third-order valence-electron chi connectivity index (χ3n) is 1.59. The standard InChI is InChI=1S/C7H8N2O/c1-9-3-2-6-5(9)4-7(8)10-6/h2-4H,8H2,1H3. The summed E-state index contributed by atoms with van der Waals surface area (Å²) in [6.07, 6.45) is 1.94. The molecule has 0 aliphatic carbocycles. The summed E-state index contributed by atoms with van der Waals surface area (Å²) in [7, 11) is 1.96. The SMILES string of the molecule is Cn1ccc2oc(N)cc21. The van der Waals surface area contributed by atoms with Crippen molar-refractivity contribution in [3.63, 3.8) is 0 Å². The van der Waals surface area contributed by atoms with Crippen molar-refractivity contribution < 1.29 is 4.42 Å². The zero-order valence-electron chi connectivity index (χ0n) is 5.66. The molecule has 0 radical (unpaired) electrons. The topological polar surface area (TPSA) is 44.1 Å². The highest BCUT2D eigenvalue weighted by Crippen LogP contribution is 2.20. The van der Waals surface area contributed by atoms with Crippen LogP contribution in [0.4, 0.5) is 5.88 Å². The number of hydrogen-bond acceptors (Lipinski definition) is 2. The fourth-order valence-corrected chi connectivity index (χ4v) is 1.07. The lowest BCUT2D eigenvalue weighted by atomic mass is 10.5. The molecule has 0 saturated carbocycles. The normalized spacial score (nSPS) is 10.9. The van der Waals surface area contributed by atoms with E-state index in [-0.39, 0.29) is 0 Å². The van der Waals surface area contributed by atoms with Crippen LogP contribution in [0.2, 0.25) is 0 Å². The molecule has 0 amide bonds. The molecule has 0 spiro atoms. The molecule has 0 bridgehead atoms. The van der Waals surface area contributed by atoms with Crippen LogP contribution >= 0.6 is 0 Å². The van der Waals surface area contributed by atoms with Crippen molar-refractivity contribution in [3.8, 4) is 0 Å². The average Bonchev–Trinajstić information content (AvgIpc) is 2.35. The summed E-state index contributed by atoms with van der Waals surface area (Å²) < 4.78 is 7.11. The Hall–Kier alpha value is -1.38. The Kier molecular flexibility index (Phi) is 0.845. The Morgan fingerprint density at radius 3 is 3.10 bits per heavy atom. The monoisotopic (exact) mass is 136 g/mol. The van der Waals surface area contributed by atoms with E-state index in [1.807, 2.05) is 29.9 Å². The van der Waals surface area contributed by atoms with Crippen molar-refractivity contribution in [2.75, 3.05) is 5.73 Å².